The summed E-state index contributed by atoms with van der Waals surface area (Å²) in [5, 5.41) is 28.8. The molecule has 106 valence electrons. The predicted molar refractivity (Wildman–Crippen MR) is 73.0 cm³/mol. The van der Waals surface area contributed by atoms with Crippen LogP contribution in [0.2, 0.25) is 0 Å². The number of rotatable bonds is 6. The Balaban J connectivity index is 2.73. The number of phenolic OH excluding ortho intramolecular Hbond substituents is 1. The first-order valence-corrected chi connectivity index (χ1v) is 6.47. The molecule has 2 unspecified atom stereocenters. The van der Waals surface area contributed by atoms with Crippen molar-refractivity contribution in [2.45, 2.75) is 39.2 Å². The lowest BCUT2D eigenvalue weighted by Gasteiger charge is -2.32. The molecule has 0 aliphatic rings. The van der Waals surface area contributed by atoms with Gasteiger partial charge in [-0.15, -0.1) is 0 Å². The summed E-state index contributed by atoms with van der Waals surface area (Å²) in [5.74, 6) is -1.69. The molecular weight excluding hydrogens is 244 g/mol. The van der Waals surface area contributed by atoms with E-state index in [1.54, 1.807) is 45.0 Å². The van der Waals surface area contributed by atoms with Crippen LogP contribution in [-0.2, 0) is 11.2 Å². The minimum absolute atomic E-state index is 0.132. The number of carbonyl (C=O) groups is 1. The molecule has 1 rings (SSSR count). The Kier molecular flexibility index (Phi) is 4.95. The number of hydrogen-bond donors (Lipinski definition) is 3. The predicted octanol–water partition coefficient (Wildman–Crippen LogP) is 2.43. The second kappa shape index (κ2) is 6.06. The first kappa shape index (κ1) is 15.5. The topological polar surface area (TPSA) is 77.8 Å². The van der Waals surface area contributed by atoms with E-state index < -0.39 is 17.5 Å². The lowest BCUT2D eigenvalue weighted by Crippen LogP contribution is -2.43. The molecule has 0 aromatic heterocycles. The summed E-state index contributed by atoms with van der Waals surface area (Å²) >= 11 is 0. The first-order chi connectivity index (χ1) is 8.74. The van der Waals surface area contributed by atoms with E-state index in [2.05, 4.69) is 0 Å². The number of phenols is 1. The van der Waals surface area contributed by atoms with E-state index in [1.807, 2.05) is 0 Å². The molecule has 0 saturated heterocycles. The van der Waals surface area contributed by atoms with Crippen LogP contribution in [0.3, 0.4) is 0 Å². The van der Waals surface area contributed by atoms with Gasteiger partial charge in [-0.25, -0.2) is 0 Å². The Hall–Kier alpha value is -1.55. The highest BCUT2D eigenvalue weighted by Crippen LogP contribution is 2.29. The van der Waals surface area contributed by atoms with Gasteiger partial charge in [0.05, 0.1) is 11.5 Å². The molecule has 4 heteroatoms. The van der Waals surface area contributed by atoms with Gasteiger partial charge in [0.25, 0.3) is 0 Å². The molecule has 2 atom stereocenters. The fourth-order valence-corrected chi connectivity index (χ4v) is 2.48. The Morgan fingerprint density at radius 2 is 1.79 bits per heavy atom. The Labute approximate surface area is 113 Å². The van der Waals surface area contributed by atoms with E-state index >= 15 is 0 Å². The maximum atomic E-state index is 11.3. The van der Waals surface area contributed by atoms with Gasteiger partial charge in [-0.3, -0.25) is 4.79 Å². The zero-order valence-corrected chi connectivity index (χ0v) is 11.6. The number of carboxylic acid groups (broad SMARTS) is 1. The Bertz CT molecular complexity index is 420. The van der Waals surface area contributed by atoms with E-state index in [0.717, 1.165) is 5.56 Å². The van der Waals surface area contributed by atoms with Gasteiger partial charge in [-0.2, -0.15) is 0 Å². The number of aliphatic hydroxyl groups is 1. The van der Waals surface area contributed by atoms with Gasteiger partial charge < -0.3 is 15.3 Å². The minimum Gasteiger partial charge on any atom is -0.508 e. The summed E-state index contributed by atoms with van der Waals surface area (Å²) in [6.07, 6.45) is 0.941. The van der Waals surface area contributed by atoms with Crippen molar-refractivity contribution in [2.75, 3.05) is 0 Å². The van der Waals surface area contributed by atoms with E-state index in [0.29, 0.717) is 12.8 Å². The molecule has 1 aromatic carbocycles. The first-order valence-electron chi connectivity index (χ1n) is 6.47. The van der Waals surface area contributed by atoms with E-state index in [-0.39, 0.29) is 11.7 Å². The third-order valence-corrected chi connectivity index (χ3v) is 3.46. The zero-order valence-electron chi connectivity index (χ0n) is 11.6. The van der Waals surface area contributed by atoms with Crippen LogP contribution in [0.25, 0.3) is 0 Å². The van der Waals surface area contributed by atoms with Crippen LogP contribution in [0.1, 0.15) is 32.8 Å². The molecule has 0 saturated carbocycles. The highest BCUT2D eigenvalue weighted by molar-refractivity contribution is 5.71. The van der Waals surface area contributed by atoms with Gasteiger partial charge in [0.2, 0.25) is 0 Å². The monoisotopic (exact) mass is 266 g/mol. The van der Waals surface area contributed by atoms with Gasteiger partial charge in [-0.05, 0) is 43.4 Å². The number of benzene rings is 1. The molecule has 0 amide bonds. The molecular formula is C15H22O4. The minimum atomic E-state index is -1.25. The van der Waals surface area contributed by atoms with Crippen molar-refractivity contribution in [2.24, 2.45) is 11.8 Å². The second-order valence-corrected chi connectivity index (χ2v) is 5.58. The quantitative estimate of drug-likeness (QED) is 0.739. The van der Waals surface area contributed by atoms with Crippen molar-refractivity contribution in [1.29, 1.82) is 0 Å². The third-order valence-electron chi connectivity index (χ3n) is 3.46. The molecule has 0 heterocycles. The molecule has 0 bridgehead atoms. The molecule has 0 spiro atoms. The summed E-state index contributed by atoms with van der Waals surface area (Å²) in [5.41, 5.74) is -0.288. The maximum Gasteiger partial charge on any atom is 0.309 e. The number of aliphatic carboxylic acids is 1. The van der Waals surface area contributed by atoms with Crippen molar-refractivity contribution in [1.82, 2.24) is 0 Å². The summed E-state index contributed by atoms with van der Waals surface area (Å²) in [6, 6.07) is 6.72. The fourth-order valence-electron chi connectivity index (χ4n) is 2.48. The lowest BCUT2D eigenvalue weighted by atomic mass is 9.77. The van der Waals surface area contributed by atoms with Crippen LogP contribution in [-0.4, -0.2) is 26.9 Å². The van der Waals surface area contributed by atoms with Crippen molar-refractivity contribution >= 4 is 5.97 Å². The van der Waals surface area contributed by atoms with Crippen LogP contribution in [0.15, 0.2) is 24.3 Å². The second-order valence-electron chi connectivity index (χ2n) is 5.58. The molecule has 1 aromatic rings. The van der Waals surface area contributed by atoms with E-state index in [4.69, 9.17) is 0 Å². The van der Waals surface area contributed by atoms with Crippen molar-refractivity contribution in [3.63, 3.8) is 0 Å². The zero-order chi connectivity index (χ0) is 14.6. The van der Waals surface area contributed by atoms with Crippen LogP contribution < -0.4 is 0 Å². The summed E-state index contributed by atoms with van der Waals surface area (Å²) in [4.78, 5) is 11.3. The van der Waals surface area contributed by atoms with Gasteiger partial charge in [-0.1, -0.05) is 26.0 Å². The largest absolute Gasteiger partial charge is 0.508 e. The third kappa shape index (κ3) is 4.24. The normalized spacial score (nSPS) is 16.1. The van der Waals surface area contributed by atoms with Gasteiger partial charge in [0, 0.05) is 0 Å². The molecule has 0 aliphatic carbocycles. The number of aromatic hydroxyl groups is 1. The standard InChI is InChI=1S/C15H22O4/c1-10(2)13(14(17)18)15(3,19)9-8-11-4-6-12(16)7-5-11/h4-7,10,13,16,19H,8-9H2,1-3H3,(H,17,18). The Morgan fingerprint density at radius 3 is 2.21 bits per heavy atom. The Morgan fingerprint density at radius 1 is 1.26 bits per heavy atom. The summed E-state index contributed by atoms with van der Waals surface area (Å²) < 4.78 is 0. The van der Waals surface area contributed by atoms with Crippen LogP contribution >= 0.6 is 0 Å². The van der Waals surface area contributed by atoms with Crippen molar-refractivity contribution < 1.29 is 20.1 Å². The van der Waals surface area contributed by atoms with Crippen LogP contribution in [0.5, 0.6) is 5.75 Å². The molecule has 19 heavy (non-hydrogen) atoms. The highest BCUT2D eigenvalue weighted by Gasteiger charge is 2.39. The maximum absolute atomic E-state index is 11.3. The van der Waals surface area contributed by atoms with Crippen molar-refractivity contribution in [3.05, 3.63) is 29.8 Å². The van der Waals surface area contributed by atoms with Crippen LogP contribution in [0.4, 0.5) is 0 Å². The summed E-state index contributed by atoms with van der Waals surface area (Å²) in [6.45, 7) is 5.17. The SMILES string of the molecule is CC(C)C(C(=O)O)C(C)(O)CCc1ccc(O)cc1. The van der Waals surface area contributed by atoms with Crippen LogP contribution in [0, 0.1) is 11.8 Å². The number of hydrogen-bond acceptors (Lipinski definition) is 3. The highest BCUT2D eigenvalue weighted by atomic mass is 16.4. The number of aryl methyl sites for hydroxylation is 1. The molecule has 3 N–H and O–H groups in total. The van der Waals surface area contributed by atoms with Crippen molar-refractivity contribution in [3.8, 4) is 5.75 Å². The molecule has 0 aliphatic heterocycles. The average Bonchev–Trinajstić information content (AvgIpc) is 2.26. The fraction of sp³-hybridized carbons (Fsp3) is 0.533. The number of carboxylic acids is 1. The molecule has 0 radical (unpaired) electrons. The van der Waals surface area contributed by atoms with Gasteiger partial charge in [0.15, 0.2) is 0 Å². The van der Waals surface area contributed by atoms with E-state index in [1.165, 1.54) is 0 Å². The molecule has 4 nitrogen and oxygen atoms in total. The summed E-state index contributed by atoms with van der Waals surface area (Å²) in [7, 11) is 0. The lowest BCUT2D eigenvalue weighted by molar-refractivity contribution is -0.154. The van der Waals surface area contributed by atoms with Gasteiger partial charge >= 0.3 is 5.97 Å². The van der Waals surface area contributed by atoms with Gasteiger partial charge in [0.1, 0.15) is 5.75 Å². The molecule has 0 fully saturated rings. The smallest absolute Gasteiger partial charge is 0.309 e. The average molecular weight is 266 g/mol. The van der Waals surface area contributed by atoms with E-state index in [9.17, 15) is 20.1 Å².